The van der Waals surface area contributed by atoms with E-state index in [2.05, 4.69) is 6.92 Å². The van der Waals surface area contributed by atoms with Gasteiger partial charge in [-0.15, -0.1) is 0 Å². The van der Waals surface area contributed by atoms with Crippen LogP contribution in [0, 0.1) is 0 Å². The van der Waals surface area contributed by atoms with Crippen molar-refractivity contribution in [3.63, 3.8) is 0 Å². The maximum Gasteiger partial charge on any atom is 0.536 e. The SMILES string of the molecule is CCc1cc([Si](OC)(OC)OC)ccc1[Si](OC)(OC)OC. The quantitative estimate of drug-likeness (QED) is 0.604. The molecule has 126 valence electrons. The van der Waals surface area contributed by atoms with Gasteiger partial charge in [-0.05, 0) is 12.0 Å². The fourth-order valence-electron chi connectivity index (χ4n) is 2.56. The monoisotopic (exact) mass is 346 g/mol. The molecule has 0 N–H and O–H groups in total. The molecule has 0 unspecified atom stereocenters. The Morgan fingerprint density at radius 2 is 1.18 bits per heavy atom. The Hall–Kier alpha value is -0.586. The summed E-state index contributed by atoms with van der Waals surface area (Å²) in [6, 6.07) is 5.91. The topological polar surface area (TPSA) is 55.4 Å². The summed E-state index contributed by atoms with van der Waals surface area (Å²) < 4.78 is 33.4. The first-order valence-corrected chi connectivity index (χ1v) is 10.4. The summed E-state index contributed by atoms with van der Waals surface area (Å²) in [6.45, 7) is 2.07. The zero-order chi connectivity index (χ0) is 16.8. The molecule has 0 saturated heterocycles. The van der Waals surface area contributed by atoms with Crippen molar-refractivity contribution in [3.05, 3.63) is 23.8 Å². The molecule has 1 rings (SSSR count). The van der Waals surface area contributed by atoms with Gasteiger partial charge in [-0.25, -0.2) is 0 Å². The zero-order valence-electron chi connectivity index (χ0n) is 14.4. The lowest BCUT2D eigenvalue weighted by Gasteiger charge is -2.29. The summed E-state index contributed by atoms with van der Waals surface area (Å²) in [6.07, 6.45) is 0.801. The van der Waals surface area contributed by atoms with Crippen molar-refractivity contribution in [2.45, 2.75) is 13.3 Å². The molecule has 0 aliphatic carbocycles. The van der Waals surface area contributed by atoms with Gasteiger partial charge >= 0.3 is 17.6 Å². The molecular weight excluding hydrogens is 320 g/mol. The van der Waals surface area contributed by atoms with E-state index in [9.17, 15) is 0 Å². The van der Waals surface area contributed by atoms with E-state index in [0.717, 1.165) is 22.4 Å². The normalized spacial score (nSPS) is 12.7. The summed E-state index contributed by atoms with van der Waals surface area (Å²) in [4.78, 5) is 0. The Morgan fingerprint density at radius 3 is 1.55 bits per heavy atom. The zero-order valence-corrected chi connectivity index (χ0v) is 16.4. The largest absolute Gasteiger partial charge is 0.536 e. The van der Waals surface area contributed by atoms with Crippen LogP contribution in [0.2, 0.25) is 0 Å². The maximum atomic E-state index is 5.58. The van der Waals surface area contributed by atoms with Crippen LogP contribution in [-0.2, 0) is 33.0 Å². The third-order valence-corrected chi connectivity index (χ3v) is 9.17. The summed E-state index contributed by atoms with van der Waals surface area (Å²) in [5.74, 6) is 0. The number of aryl methyl sites for hydroxylation is 1. The van der Waals surface area contributed by atoms with Crippen molar-refractivity contribution in [2.24, 2.45) is 0 Å². The molecule has 0 amide bonds. The Labute approximate surface area is 135 Å². The van der Waals surface area contributed by atoms with Crippen molar-refractivity contribution < 1.29 is 26.6 Å². The second-order valence-electron chi connectivity index (χ2n) is 4.56. The van der Waals surface area contributed by atoms with Gasteiger partial charge in [0.2, 0.25) is 0 Å². The lowest BCUT2D eigenvalue weighted by atomic mass is 10.2. The molecule has 0 radical (unpaired) electrons. The summed E-state index contributed by atoms with van der Waals surface area (Å²) in [7, 11) is 3.85. The Kier molecular flexibility index (Phi) is 7.36. The summed E-state index contributed by atoms with van der Waals surface area (Å²) in [5.41, 5.74) is 1.07. The molecule has 1 aromatic carbocycles. The van der Waals surface area contributed by atoms with Crippen LogP contribution in [0.25, 0.3) is 0 Å². The van der Waals surface area contributed by atoms with Gasteiger partial charge in [0.05, 0.1) is 0 Å². The lowest BCUT2D eigenvalue weighted by Crippen LogP contribution is -2.58. The van der Waals surface area contributed by atoms with Crippen molar-refractivity contribution in [1.29, 1.82) is 0 Å². The van der Waals surface area contributed by atoms with E-state index in [1.807, 2.05) is 18.2 Å². The molecule has 0 aromatic heterocycles. The fraction of sp³-hybridized carbons (Fsp3) is 0.571. The molecule has 1 aromatic rings. The van der Waals surface area contributed by atoms with E-state index < -0.39 is 17.6 Å². The molecule has 8 heteroatoms. The molecule has 0 aliphatic heterocycles. The van der Waals surface area contributed by atoms with Crippen LogP contribution in [0.3, 0.4) is 0 Å². The predicted octanol–water partition coefficient (Wildman–Crippen LogP) is 0.419. The number of benzene rings is 1. The average molecular weight is 347 g/mol. The predicted molar refractivity (Wildman–Crippen MR) is 88.7 cm³/mol. The van der Waals surface area contributed by atoms with E-state index in [1.165, 1.54) is 0 Å². The minimum atomic E-state index is -2.88. The van der Waals surface area contributed by atoms with Crippen LogP contribution in [0.4, 0.5) is 0 Å². The summed E-state index contributed by atoms with van der Waals surface area (Å²) in [5, 5.41) is 1.84. The van der Waals surface area contributed by atoms with Crippen LogP contribution in [0.5, 0.6) is 0 Å². The Balaban J connectivity index is 3.44. The van der Waals surface area contributed by atoms with Crippen molar-refractivity contribution >= 4 is 28.0 Å². The van der Waals surface area contributed by atoms with E-state index in [4.69, 9.17) is 26.6 Å². The fourth-order valence-corrected chi connectivity index (χ4v) is 6.49. The third kappa shape index (κ3) is 3.34. The highest BCUT2D eigenvalue weighted by molar-refractivity contribution is 6.77. The van der Waals surface area contributed by atoms with Gasteiger partial charge in [0.1, 0.15) is 0 Å². The van der Waals surface area contributed by atoms with Crippen LogP contribution < -0.4 is 10.4 Å². The van der Waals surface area contributed by atoms with Gasteiger partial charge in [-0.2, -0.15) is 0 Å². The number of hydrogen-bond donors (Lipinski definition) is 0. The number of hydrogen-bond acceptors (Lipinski definition) is 6. The molecule has 0 aliphatic rings. The van der Waals surface area contributed by atoms with Crippen molar-refractivity contribution in [3.8, 4) is 0 Å². The standard InChI is InChI=1S/C14H26O6Si2/c1-8-12-11-13(21(15-2,16-3)17-4)9-10-14(12)22(18-5,19-6)20-7/h9-11H,8H2,1-7H3. The van der Waals surface area contributed by atoms with E-state index in [1.54, 1.807) is 42.7 Å². The molecule has 6 nitrogen and oxygen atoms in total. The van der Waals surface area contributed by atoms with Crippen LogP contribution in [0.15, 0.2) is 18.2 Å². The maximum absolute atomic E-state index is 5.58. The average Bonchev–Trinajstić information content (AvgIpc) is 2.59. The van der Waals surface area contributed by atoms with E-state index >= 15 is 0 Å². The van der Waals surface area contributed by atoms with Crippen LogP contribution >= 0.6 is 0 Å². The minimum Gasteiger partial charge on any atom is -0.373 e. The minimum absolute atomic E-state index is 0.801. The van der Waals surface area contributed by atoms with Crippen molar-refractivity contribution in [2.75, 3.05) is 42.7 Å². The Bertz CT molecular complexity index is 458. The third-order valence-electron chi connectivity index (χ3n) is 3.78. The van der Waals surface area contributed by atoms with Crippen LogP contribution in [0.1, 0.15) is 12.5 Å². The highest BCUT2D eigenvalue weighted by Crippen LogP contribution is 2.13. The second-order valence-corrected chi connectivity index (χ2v) is 10.4. The van der Waals surface area contributed by atoms with Gasteiger partial charge in [-0.1, -0.05) is 25.1 Å². The molecule has 0 spiro atoms. The first-order valence-electron chi connectivity index (χ1n) is 6.97. The molecule has 0 bridgehead atoms. The van der Waals surface area contributed by atoms with E-state index in [-0.39, 0.29) is 0 Å². The van der Waals surface area contributed by atoms with Gasteiger partial charge < -0.3 is 26.6 Å². The molecule has 0 saturated carbocycles. The highest BCUT2D eigenvalue weighted by Gasteiger charge is 2.45. The first kappa shape index (κ1) is 19.5. The van der Waals surface area contributed by atoms with Gasteiger partial charge in [0, 0.05) is 53.0 Å². The molecule has 0 heterocycles. The Morgan fingerprint density at radius 1 is 0.727 bits per heavy atom. The second kappa shape index (κ2) is 8.32. The lowest BCUT2D eigenvalue weighted by molar-refractivity contribution is 0.139. The molecular formula is C14H26O6Si2. The van der Waals surface area contributed by atoms with Gasteiger partial charge in [0.25, 0.3) is 0 Å². The molecule has 0 atom stereocenters. The number of rotatable bonds is 9. The first-order chi connectivity index (χ1) is 10.5. The smallest absolute Gasteiger partial charge is 0.373 e. The van der Waals surface area contributed by atoms with Crippen LogP contribution in [-0.4, -0.2) is 60.3 Å². The molecule has 0 fully saturated rings. The summed E-state index contributed by atoms with van der Waals surface area (Å²) >= 11 is 0. The highest BCUT2D eigenvalue weighted by atomic mass is 28.4. The van der Waals surface area contributed by atoms with Gasteiger partial charge in [-0.3, -0.25) is 0 Å². The molecule has 22 heavy (non-hydrogen) atoms. The van der Waals surface area contributed by atoms with Crippen molar-refractivity contribution in [1.82, 2.24) is 0 Å². The van der Waals surface area contributed by atoms with Gasteiger partial charge in [0.15, 0.2) is 0 Å². The van der Waals surface area contributed by atoms with E-state index in [0.29, 0.717) is 0 Å².